The van der Waals surface area contributed by atoms with Crippen LogP contribution >= 0.6 is 0 Å². The first-order valence-electron chi connectivity index (χ1n) is 19.4. The van der Waals surface area contributed by atoms with Crippen molar-refractivity contribution in [2.24, 2.45) is 17.8 Å². The van der Waals surface area contributed by atoms with Crippen LogP contribution in [0.5, 0.6) is 0 Å². The summed E-state index contributed by atoms with van der Waals surface area (Å²) >= 11 is 0. The van der Waals surface area contributed by atoms with Crippen LogP contribution in [-0.4, -0.2) is 92.6 Å². The van der Waals surface area contributed by atoms with Crippen LogP contribution in [0.1, 0.15) is 84.5 Å². The number of benzene rings is 2. The van der Waals surface area contributed by atoms with E-state index in [2.05, 4.69) is 81.0 Å². The molecule has 0 aliphatic carbocycles. The molecule has 14 nitrogen and oxygen atoms in total. The average molecular weight is 767 g/mol. The van der Waals surface area contributed by atoms with Crippen LogP contribution in [0.15, 0.2) is 60.9 Å². The minimum absolute atomic E-state index is 0.0214. The second-order valence-corrected chi connectivity index (χ2v) is 15.7. The van der Waals surface area contributed by atoms with Crippen molar-refractivity contribution in [1.82, 2.24) is 40.4 Å². The minimum Gasteiger partial charge on any atom is -0.453 e. The minimum atomic E-state index is -0.715. The molecular weight excluding hydrogens is 713 g/mol. The molecular formula is C42H54N8O6. The van der Waals surface area contributed by atoms with E-state index < -0.39 is 24.3 Å². The fourth-order valence-corrected chi connectivity index (χ4v) is 8.11. The Morgan fingerprint density at radius 3 is 1.68 bits per heavy atom. The third kappa shape index (κ3) is 8.29. The quantitative estimate of drug-likeness (QED) is 0.128. The number of alkyl carbamates (subject to hydrolysis) is 2. The highest BCUT2D eigenvalue weighted by Crippen LogP contribution is 2.41. The lowest BCUT2D eigenvalue weighted by atomic mass is 9.99. The summed E-state index contributed by atoms with van der Waals surface area (Å²) in [7, 11) is 2.58. The summed E-state index contributed by atoms with van der Waals surface area (Å²) < 4.78 is 9.55. The zero-order valence-electron chi connectivity index (χ0n) is 33.5. The number of H-pyrrole nitrogens is 2. The number of methoxy groups -OCH3 is 2. The first-order chi connectivity index (χ1) is 26.8. The number of imidazole rings is 2. The van der Waals surface area contributed by atoms with E-state index in [0.717, 1.165) is 64.6 Å². The molecule has 2 aliphatic rings. The number of hydrogen-bond acceptors (Lipinski definition) is 8. The molecule has 6 atom stereocenters. The molecule has 2 aliphatic heterocycles. The summed E-state index contributed by atoms with van der Waals surface area (Å²) in [5, 5.41) is 5.42. The number of ether oxygens (including phenoxy) is 2. The number of nitrogens with one attached hydrogen (secondary N) is 4. The number of carbonyl (C=O) groups is 4. The Bertz CT molecular complexity index is 2010. The molecule has 0 spiro atoms. The Labute approximate surface area is 328 Å². The van der Waals surface area contributed by atoms with Gasteiger partial charge in [-0.3, -0.25) is 9.59 Å². The Morgan fingerprint density at radius 2 is 1.18 bits per heavy atom. The standard InChI is InChI=1S/C42H54N8O6/c1-23(2)34(47-41(53)55-7)39(51)49-19-9-10-33(49)37-43-21-31(45-37)29-15-11-27(12-16-29)28-13-17-30(18-14-28)32-22-44-38(46-32)36-25(5)20-26(6)50(36)40(52)35(24(3)4)48-42(54)56-8/h11-18,21-26,33-36H,9-10,19-20H2,1-8H3,(H,43,45)(H,44,46)(H,47,53)(H,48,54)/t25-,26+,33+,34+,35+,36-/m1/s1. The number of likely N-dealkylation sites (tertiary alicyclic amines) is 2. The molecule has 298 valence electrons. The SMILES string of the molecule is COC(=O)N[C@H](C(=O)N1CCC[C@H]1c1ncc(-c2ccc(-c3ccc(-c4cnc([C@H]5[C@H](C)C[C@H](C)N5C(=O)[C@@H](NC(=O)OC)C(C)C)[nH]4)cc3)cc2)[nH]1)C(C)C. The van der Waals surface area contributed by atoms with Crippen LogP contribution in [0.4, 0.5) is 9.59 Å². The van der Waals surface area contributed by atoms with Crippen molar-refractivity contribution in [3.8, 4) is 33.6 Å². The summed E-state index contributed by atoms with van der Waals surface area (Å²) in [6.07, 6.45) is 4.80. The normalized spacial score (nSPS) is 20.6. The fraction of sp³-hybridized carbons (Fsp3) is 0.476. The topological polar surface area (TPSA) is 175 Å². The molecule has 56 heavy (non-hydrogen) atoms. The van der Waals surface area contributed by atoms with Gasteiger partial charge in [-0.25, -0.2) is 19.6 Å². The number of rotatable bonds is 11. The Balaban J connectivity index is 1.13. The molecule has 4 amide bonds. The van der Waals surface area contributed by atoms with Gasteiger partial charge in [0.1, 0.15) is 23.7 Å². The van der Waals surface area contributed by atoms with Crippen molar-refractivity contribution in [1.29, 1.82) is 0 Å². The van der Waals surface area contributed by atoms with E-state index >= 15 is 0 Å². The molecule has 0 radical (unpaired) electrons. The lowest BCUT2D eigenvalue weighted by molar-refractivity contribution is -0.138. The number of aromatic nitrogens is 4. The summed E-state index contributed by atoms with van der Waals surface area (Å²) in [6.45, 7) is 12.4. The van der Waals surface area contributed by atoms with Crippen molar-refractivity contribution < 1.29 is 28.7 Å². The zero-order chi connectivity index (χ0) is 40.3. The highest BCUT2D eigenvalue weighted by Gasteiger charge is 2.45. The molecule has 0 bridgehead atoms. The zero-order valence-corrected chi connectivity index (χ0v) is 33.5. The van der Waals surface area contributed by atoms with E-state index in [9.17, 15) is 19.2 Å². The van der Waals surface area contributed by atoms with Crippen LogP contribution in [0.3, 0.4) is 0 Å². The van der Waals surface area contributed by atoms with Crippen molar-refractivity contribution in [3.63, 3.8) is 0 Å². The average Bonchev–Trinajstić information content (AvgIpc) is 4.02. The Hall–Kier alpha value is -5.66. The molecule has 2 aromatic heterocycles. The van der Waals surface area contributed by atoms with E-state index in [-0.39, 0.29) is 47.7 Å². The number of carbonyl (C=O) groups excluding carboxylic acids is 4. The molecule has 2 saturated heterocycles. The largest absolute Gasteiger partial charge is 0.453 e. The maximum absolute atomic E-state index is 13.9. The van der Waals surface area contributed by atoms with Gasteiger partial charge in [0.05, 0.1) is 50.1 Å². The third-order valence-electron chi connectivity index (χ3n) is 11.1. The monoisotopic (exact) mass is 766 g/mol. The van der Waals surface area contributed by atoms with Crippen LogP contribution < -0.4 is 10.6 Å². The first-order valence-corrected chi connectivity index (χ1v) is 19.4. The lowest BCUT2D eigenvalue weighted by Gasteiger charge is -2.33. The van der Waals surface area contributed by atoms with Crippen molar-refractivity contribution in [2.75, 3.05) is 20.8 Å². The molecule has 14 heteroatoms. The van der Waals surface area contributed by atoms with Crippen molar-refractivity contribution in [3.05, 3.63) is 72.6 Å². The second-order valence-electron chi connectivity index (χ2n) is 15.7. The van der Waals surface area contributed by atoms with Crippen molar-refractivity contribution >= 4 is 24.0 Å². The smallest absolute Gasteiger partial charge is 0.407 e. The summed E-state index contributed by atoms with van der Waals surface area (Å²) in [6, 6.07) is 14.6. The van der Waals surface area contributed by atoms with E-state index in [1.165, 1.54) is 14.2 Å². The van der Waals surface area contributed by atoms with E-state index in [1.54, 1.807) is 11.1 Å². The summed E-state index contributed by atoms with van der Waals surface area (Å²) in [5.74, 6) is 1.09. The van der Waals surface area contributed by atoms with Gasteiger partial charge in [-0.1, -0.05) is 83.1 Å². The van der Waals surface area contributed by atoms with Crippen LogP contribution in [-0.2, 0) is 19.1 Å². The number of amides is 4. The summed E-state index contributed by atoms with van der Waals surface area (Å²) in [4.78, 5) is 71.5. The van der Waals surface area contributed by atoms with Gasteiger partial charge in [-0.05, 0) is 66.2 Å². The number of aromatic amines is 2. The molecule has 4 aromatic rings. The molecule has 4 N–H and O–H groups in total. The number of hydrogen-bond donors (Lipinski definition) is 4. The maximum atomic E-state index is 13.9. The predicted octanol–water partition coefficient (Wildman–Crippen LogP) is 6.86. The number of nitrogens with zero attached hydrogens (tertiary/aromatic N) is 4. The first kappa shape index (κ1) is 40.0. The van der Waals surface area contributed by atoms with Crippen LogP contribution in [0, 0.1) is 17.8 Å². The van der Waals surface area contributed by atoms with Crippen LogP contribution in [0.25, 0.3) is 33.6 Å². The predicted molar refractivity (Wildman–Crippen MR) is 212 cm³/mol. The van der Waals surface area contributed by atoms with Gasteiger partial charge in [-0.2, -0.15) is 0 Å². The van der Waals surface area contributed by atoms with Gasteiger partial charge in [-0.15, -0.1) is 0 Å². The van der Waals surface area contributed by atoms with Crippen LogP contribution in [0.2, 0.25) is 0 Å². The van der Waals surface area contributed by atoms with Gasteiger partial charge in [0, 0.05) is 12.6 Å². The summed E-state index contributed by atoms with van der Waals surface area (Å²) in [5.41, 5.74) is 5.76. The van der Waals surface area contributed by atoms with Gasteiger partial charge in [0.25, 0.3) is 0 Å². The third-order valence-corrected chi connectivity index (χ3v) is 11.1. The fourth-order valence-electron chi connectivity index (χ4n) is 8.11. The molecule has 0 saturated carbocycles. The maximum Gasteiger partial charge on any atom is 0.407 e. The molecule has 6 rings (SSSR count). The molecule has 2 aromatic carbocycles. The molecule has 0 unspecified atom stereocenters. The van der Waals surface area contributed by atoms with Gasteiger partial charge in [0.2, 0.25) is 11.8 Å². The second kappa shape index (κ2) is 17.0. The van der Waals surface area contributed by atoms with E-state index in [4.69, 9.17) is 14.5 Å². The molecule has 4 heterocycles. The molecule has 2 fully saturated rings. The Kier molecular flexibility index (Phi) is 12.2. The van der Waals surface area contributed by atoms with Crippen molar-refractivity contribution in [2.45, 2.75) is 91.0 Å². The van der Waals surface area contributed by atoms with E-state index in [0.29, 0.717) is 6.54 Å². The van der Waals surface area contributed by atoms with Gasteiger partial charge < -0.3 is 39.9 Å². The van der Waals surface area contributed by atoms with Gasteiger partial charge in [0.15, 0.2) is 0 Å². The van der Waals surface area contributed by atoms with E-state index in [1.807, 2.05) is 45.7 Å². The highest BCUT2D eigenvalue weighted by atomic mass is 16.5. The lowest BCUT2D eigenvalue weighted by Crippen LogP contribution is -2.52. The Morgan fingerprint density at radius 1 is 0.714 bits per heavy atom. The highest BCUT2D eigenvalue weighted by molar-refractivity contribution is 5.87. The van der Waals surface area contributed by atoms with Gasteiger partial charge >= 0.3 is 12.2 Å².